The Morgan fingerprint density at radius 3 is 2.54 bits per heavy atom. The lowest BCUT2D eigenvalue weighted by Gasteiger charge is -2.12. The van der Waals surface area contributed by atoms with Gasteiger partial charge in [-0.15, -0.1) is 11.8 Å². The fraction of sp³-hybridized carbons (Fsp3) is 0.281. The first-order chi connectivity index (χ1) is 20.0. The normalized spacial score (nSPS) is 11.1. The Morgan fingerprint density at radius 2 is 1.88 bits per heavy atom. The maximum atomic E-state index is 9.68. The van der Waals surface area contributed by atoms with Gasteiger partial charge in [-0.1, -0.05) is 24.6 Å². The zero-order valence-electron chi connectivity index (χ0n) is 23.9. The topological polar surface area (TPSA) is 105 Å². The highest BCUT2D eigenvalue weighted by Crippen LogP contribution is 2.31. The van der Waals surface area contributed by atoms with Gasteiger partial charge >= 0.3 is 0 Å². The Morgan fingerprint density at radius 1 is 1.10 bits per heavy atom. The largest absolute Gasteiger partial charge is 0.486 e. The number of fused-ring (bicyclic) bond motifs is 1. The fourth-order valence-corrected chi connectivity index (χ4v) is 4.14. The Labute approximate surface area is 246 Å². The lowest BCUT2D eigenvalue weighted by Crippen LogP contribution is -2.09. The minimum atomic E-state index is -0.0890. The van der Waals surface area contributed by atoms with Crippen LogP contribution >= 0.6 is 11.6 Å². The summed E-state index contributed by atoms with van der Waals surface area (Å²) in [6.45, 7) is 5.97. The molecule has 0 atom stereocenters. The van der Waals surface area contributed by atoms with Gasteiger partial charge in [0.25, 0.3) is 0 Å². The summed E-state index contributed by atoms with van der Waals surface area (Å²) in [4.78, 5) is 13.1. The molecule has 214 valence electrons. The molecule has 4 aromatic rings. The summed E-state index contributed by atoms with van der Waals surface area (Å²) in [7, 11) is 1.74. The quantitative estimate of drug-likeness (QED) is 0.144. The van der Waals surface area contributed by atoms with E-state index in [1.54, 1.807) is 13.1 Å². The average molecular weight is 574 g/mol. The minimum Gasteiger partial charge on any atom is -0.486 e. The summed E-state index contributed by atoms with van der Waals surface area (Å²) in [6.07, 6.45) is 10.7. The molecule has 0 aliphatic carbocycles. The molecule has 2 heterocycles. The third-order valence-electron chi connectivity index (χ3n) is 6.12. The van der Waals surface area contributed by atoms with Crippen molar-refractivity contribution in [3.05, 3.63) is 83.4 Å². The van der Waals surface area contributed by atoms with Gasteiger partial charge in [0.15, 0.2) is 0 Å². The molecule has 3 N–H and O–H groups in total. The van der Waals surface area contributed by atoms with Crippen molar-refractivity contribution in [1.82, 2.24) is 14.5 Å². The van der Waals surface area contributed by atoms with E-state index >= 15 is 0 Å². The standard InChI is InChI=1S/C28H30ClN5O3.C4H6/c1-3-4-5-22(30-2)17-37-27-9-6-21(12-25(27)29)33-28-24-13-23(7-8-26(24)31-18-32-28)34-14-19(10-11-35)20(15-34)16-36;1-3-4-2/h4-9,12-15,18,35-36H,3,10-11,16-17H2,1-2H3,(H,31,32,33);1-2H3/b5-4-,30-22?;. The first-order valence-corrected chi connectivity index (χ1v) is 13.7. The molecule has 0 unspecified atom stereocenters. The van der Waals surface area contributed by atoms with Crippen molar-refractivity contribution in [1.29, 1.82) is 0 Å². The van der Waals surface area contributed by atoms with E-state index in [1.165, 1.54) is 6.33 Å². The van der Waals surface area contributed by atoms with Gasteiger partial charge in [-0.2, -0.15) is 0 Å². The summed E-state index contributed by atoms with van der Waals surface area (Å²) >= 11 is 6.51. The van der Waals surface area contributed by atoms with E-state index in [1.807, 2.05) is 73.3 Å². The number of nitrogens with zero attached hydrogens (tertiary/aromatic N) is 4. The zero-order valence-corrected chi connectivity index (χ0v) is 24.6. The lowest BCUT2D eigenvalue weighted by atomic mass is 10.1. The van der Waals surface area contributed by atoms with Gasteiger partial charge in [0.2, 0.25) is 0 Å². The molecule has 0 aliphatic heterocycles. The van der Waals surface area contributed by atoms with Crippen LogP contribution in [0.1, 0.15) is 38.3 Å². The summed E-state index contributed by atoms with van der Waals surface area (Å²) in [5.41, 5.74) is 4.95. The molecule has 41 heavy (non-hydrogen) atoms. The Hall–Kier alpha value is -4.16. The van der Waals surface area contributed by atoms with Crippen LogP contribution in [-0.2, 0) is 13.0 Å². The Kier molecular flexibility index (Phi) is 12.4. The van der Waals surface area contributed by atoms with E-state index in [0.717, 1.165) is 45.5 Å². The lowest BCUT2D eigenvalue weighted by molar-refractivity contribution is 0.276. The van der Waals surface area contributed by atoms with E-state index < -0.39 is 0 Å². The molecule has 0 saturated carbocycles. The van der Waals surface area contributed by atoms with Crippen LogP contribution in [0.5, 0.6) is 5.75 Å². The number of anilines is 2. The fourth-order valence-electron chi connectivity index (χ4n) is 3.91. The molecule has 0 bridgehead atoms. The molecule has 0 radical (unpaired) electrons. The maximum Gasteiger partial charge on any atom is 0.141 e. The molecule has 2 aromatic heterocycles. The third-order valence-corrected chi connectivity index (χ3v) is 6.42. The smallest absolute Gasteiger partial charge is 0.141 e. The molecule has 9 heteroatoms. The van der Waals surface area contributed by atoms with Crippen molar-refractivity contribution in [3.63, 3.8) is 0 Å². The monoisotopic (exact) mass is 573 g/mol. The van der Waals surface area contributed by atoms with Gasteiger partial charge in [0.05, 0.1) is 22.9 Å². The minimum absolute atomic E-state index is 0.0201. The van der Waals surface area contributed by atoms with E-state index in [4.69, 9.17) is 16.3 Å². The number of benzene rings is 2. The van der Waals surface area contributed by atoms with Gasteiger partial charge in [0.1, 0.15) is 24.5 Å². The van der Waals surface area contributed by atoms with Gasteiger partial charge < -0.3 is 24.8 Å². The number of allylic oxidation sites excluding steroid dienone is 1. The molecule has 0 fully saturated rings. The predicted octanol–water partition coefficient (Wildman–Crippen LogP) is 6.29. The number of hydrogen-bond acceptors (Lipinski definition) is 7. The number of aliphatic hydroxyl groups is 2. The predicted molar refractivity (Wildman–Crippen MR) is 168 cm³/mol. The van der Waals surface area contributed by atoms with Crippen molar-refractivity contribution >= 4 is 39.7 Å². The van der Waals surface area contributed by atoms with E-state index in [9.17, 15) is 10.2 Å². The van der Waals surface area contributed by atoms with Crippen LogP contribution in [0.3, 0.4) is 0 Å². The maximum absolute atomic E-state index is 9.68. The second-order valence-electron chi connectivity index (χ2n) is 8.86. The van der Waals surface area contributed by atoms with Crippen molar-refractivity contribution in [2.45, 2.75) is 40.2 Å². The Bertz CT molecular complexity index is 1560. The highest BCUT2D eigenvalue weighted by molar-refractivity contribution is 6.32. The SMILES string of the molecule is CC#CC.CC/C=C\C(COc1ccc(Nc2ncnc3ccc(-n4cc(CO)c(CCO)c4)cc23)cc1Cl)=NC. The van der Waals surface area contributed by atoms with Gasteiger partial charge in [0, 0.05) is 42.8 Å². The first kappa shape index (κ1) is 31.4. The van der Waals surface area contributed by atoms with Crippen molar-refractivity contribution in [2.24, 2.45) is 4.99 Å². The van der Waals surface area contributed by atoms with Crippen LogP contribution in [0, 0.1) is 11.8 Å². The number of ether oxygens (including phenoxy) is 1. The first-order valence-electron chi connectivity index (χ1n) is 13.3. The number of halogens is 1. The van der Waals surface area contributed by atoms with E-state index in [-0.39, 0.29) is 13.2 Å². The van der Waals surface area contributed by atoms with Crippen molar-refractivity contribution in [3.8, 4) is 23.3 Å². The summed E-state index contributed by atoms with van der Waals surface area (Å²) in [5, 5.41) is 23.6. The number of aromatic nitrogens is 3. The second kappa shape index (κ2) is 16.2. The number of aliphatic hydroxyl groups excluding tert-OH is 2. The molecular formula is C32H36ClN5O3. The summed E-state index contributed by atoms with van der Waals surface area (Å²) in [5.74, 6) is 6.56. The van der Waals surface area contributed by atoms with Crippen LogP contribution in [0.15, 0.2) is 72.3 Å². The number of nitrogens with one attached hydrogen (secondary N) is 1. The summed E-state index contributed by atoms with van der Waals surface area (Å²) < 4.78 is 7.79. The summed E-state index contributed by atoms with van der Waals surface area (Å²) in [6, 6.07) is 11.3. The number of aliphatic imine (C=N–C) groups is 1. The molecule has 2 aromatic carbocycles. The second-order valence-corrected chi connectivity index (χ2v) is 9.26. The van der Waals surface area contributed by atoms with Crippen LogP contribution < -0.4 is 10.1 Å². The van der Waals surface area contributed by atoms with Crippen molar-refractivity contribution < 1.29 is 14.9 Å². The van der Waals surface area contributed by atoms with E-state index in [0.29, 0.717) is 29.6 Å². The van der Waals surface area contributed by atoms with Gasteiger partial charge in [-0.05, 0) is 80.3 Å². The van der Waals surface area contributed by atoms with E-state index in [2.05, 4.69) is 39.0 Å². The molecule has 0 amide bonds. The van der Waals surface area contributed by atoms with Crippen LogP contribution in [-0.4, -0.2) is 50.7 Å². The van der Waals surface area contributed by atoms with Crippen LogP contribution in [0.25, 0.3) is 16.6 Å². The van der Waals surface area contributed by atoms with Crippen molar-refractivity contribution in [2.75, 3.05) is 25.6 Å². The van der Waals surface area contributed by atoms with Gasteiger partial charge in [-0.3, -0.25) is 4.99 Å². The molecular weight excluding hydrogens is 538 g/mol. The third kappa shape index (κ3) is 8.66. The molecule has 4 rings (SSSR count). The highest BCUT2D eigenvalue weighted by Gasteiger charge is 2.11. The molecule has 0 spiro atoms. The average Bonchev–Trinajstić information content (AvgIpc) is 3.41. The molecule has 8 nitrogen and oxygen atoms in total. The zero-order chi connectivity index (χ0) is 29.6. The van der Waals surface area contributed by atoms with Crippen LogP contribution in [0.4, 0.5) is 11.5 Å². The molecule has 0 aliphatic rings. The van der Waals surface area contributed by atoms with Gasteiger partial charge in [-0.25, -0.2) is 9.97 Å². The highest BCUT2D eigenvalue weighted by atomic mass is 35.5. The number of rotatable bonds is 11. The van der Waals surface area contributed by atoms with Crippen LogP contribution in [0.2, 0.25) is 5.02 Å². The number of hydrogen-bond donors (Lipinski definition) is 3. The molecule has 0 saturated heterocycles. The Balaban J connectivity index is 0.00000108.